The highest BCUT2D eigenvalue weighted by Gasteiger charge is 2.07. The molecule has 0 amide bonds. The minimum atomic E-state index is -0.951. The number of carboxylic acid groups (broad SMARTS) is 1. The van der Waals surface area contributed by atoms with E-state index in [1.165, 1.54) is 0 Å². The van der Waals surface area contributed by atoms with Gasteiger partial charge in [0.15, 0.2) is 5.82 Å². The normalized spacial score (nSPS) is 10.5. The highest BCUT2D eigenvalue weighted by Crippen LogP contribution is 2.21. The number of fused-ring (bicyclic) bond motifs is 1. The molecule has 3 aromatic rings. The van der Waals surface area contributed by atoms with Gasteiger partial charge in [0.1, 0.15) is 0 Å². The van der Waals surface area contributed by atoms with Crippen molar-refractivity contribution in [2.24, 2.45) is 0 Å². The summed E-state index contributed by atoms with van der Waals surface area (Å²) in [5.74, 6) is -0.305. The van der Waals surface area contributed by atoms with E-state index in [1.54, 1.807) is 24.4 Å². The zero-order valence-corrected chi connectivity index (χ0v) is 11.2. The van der Waals surface area contributed by atoms with Gasteiger partial charge in [-0.1, -0.05) is 30.3 Å². The van der Waals surface area contributed by atoms with Crippen molar-refractivity contribution in [2.75, 3.05) is 5.32 Å². The van der Waals surface area contributed by atoms with Gasteiger partial charge in [-0.15, -0.1) is 5.10 Å². The lowest BCUT2D eigenvalue weighted by Crippen LogP contribution is -2.03. The van der Waals surface area contributed by atoms with Crippen molar-refractivity contribution in [3.05, 3.63) is 65.9 Å². The van der Waals surface area contributed by atoms with Crippen LogP contribution < -0.4 is 5.32 Å². The number of benzene rings is 2. The average molecular weight is 279 g/mol. The standard InChI is InChI=1S/C16H13N3O2/c20-16(21)12-6-7-14-13(8-12)10-18-19-15(14)17-9-11-4-2-1-3-5-11/h1-8,10H,9H2,(H,17,19)(H,20,21). The molecule has 5 nitrogen and oxygen atoms in total. The SMILES string of the molecule is O=C(O)c1ccc2c(NCc3ccccc3)nncc2c1. The van der Waals surface area contributed by atoms with Crippen molar-refractivity contribution in [1.29, 1.82) is 0 Å². The van der Waals surface area contributed by atoms with E-state index >= 15 is 0 Å². The van der Waals surface area contributed by atoms with Gasteiger partial charge in [0.05, 0.1) is 11.8 Å². The van der Waals surface area contributed by atoms with Crippen LogP contribution >= 0.6 is 0 Å². The second-order valence-electron chi connectivity index (χ2n) is 4.64. The van der Waals surface area contributed by atoms with Crippen molar-refractivity contribution >= 4 is 22.6 Å². The lowest BCUT2D eigenvalue weighted by Gasteiger charge is -2.08. The van der Waals surface area contributed by atoms with Gasteiger partial charge in [-0.2, -0.15) is 5.10 Å². The fourth-order valence-corrected chi connectivity index (χ4v) is 2.13. The Hall–Kier alpha value is -2.95. The highest BCUT2D eigenvalue weighted by atomic mass is 16.4. The molecule has 0 atom stereocenters. The molecular weight excluding hydrogens is 266 g/mol. The first-order valence-electron chi connectivity index (χ1n) is 6.50. The number of hydrogen-bond donors (Lipinski definition) is 2. The summed E-state index contributed by atoms with van der Waals surface area (Å²) in [5, 5.41) is 21.9. The molecule has 3 rings (SSSR count). The molecule has 2 N–H and O–H groups in total. The minimum Gasteiger partial charge on any atom is -0.478 e. The van der Waals surface area contributed by atoms with E-state index in [-0.39, 0.29) is 5.56 Å². The van der Waals surface area contributed by atoms with Crippen LogP contribution in [0.3, 0.4) is 0 Å². The highest BCUT2D eigenvalue weighted by molar-refractivity contribution is 5.97. The Labute approximate surface area is 121 Å². The largest absolute Gasteiger partial charge is 0.478 e. The van der Waals surface area contributed by atoms with Crippen LogP contribution in [-0.4, -0.2) is 21.3 Å². The third-order valence-corrected chi connectivity index (χ3v) is 3.21. The summed E-state index contributed by atoms with van der Waals surface area (Å²) in [4.78, 5) is 11.0. The molecule has 0 radical (unpaired) electrons. The molecule has 0 saturated heterocycles. The monoisotopic (exact) mass is 279 g/mol. The van der Waals surface area contributed by atoms with E-state index in [0.717, 1.165) is 16.3 Å². The third kappa shape index (κ3) is 2.81. The summed E-state index contributed by atoms with van der Waals surface area (Å²) in [6, 6.07) is 14.9. The number of hydrogen-bond acceptors (Lipinski definition) is 4. The molecule has 0 bridgehead atoms. The van der Waals surface area contributed by atoms with Gasteiger partial charge in [0.25, 0.3) is 0 Å². The summed E-state index contributed by atoms with van der Waals surface area (Å²) >= 11 is 0. The predicted octanol–water partition coefficient (Wildman–Crippen LogP) is 2.94. The van der Waals surface area contributed by atoms with Crippen LogP contribution in [0.15, 0.2) is 54.7 Å². The second-order valence-corrected chi connectivity index (χ2v) is 4.64. The van der Waals surface area contributed by atoms with Crippen LogP contribution in [0.5, 0.6) is 0 Å². The molecule has 0 spiro atoms. The van der Waals surface area contributed by atoms with Gasteiger partial charge in [0, 0.05) is 17.3 Å². The van der Waals surface area contributed by atoms with Crippen molar-refractivity contribution in [3.63, 3.8) is 0 Å². The first-order valence-corrected chi connectivity index (χ1v) is 6.50. The molecule has 0 aliphatic rings. The summed E-state index contributed by atoms with van der Waals surface area (Å²) in [6.07, 6.45) is 1.56. The van der Waals surface area contributed by atoms with Crippen LogP contribution in [0.2, 0.25) is 0 Å². The van der Waals surface area contributed by atoms with E-state index in [4.69, 9.17) is 5.11 Å². The molecule has 0 saturated carbocycles. The van der Waals surface area contributed by atoms with Gasteiger partial charge in [-0.3, -0.25) is 0 Å². The van der Waals surface area contributed by atoms with Gasteiger partial charge >= 0.3 is 5.97 Å². The van der Waals surface area contributed by atoms with Crippen molar-refractivity contribution in [3.8, 4) is 0 Å². The Balaban J connectivity index is 1.90. The maximum Gasteiger partial charge on any atom is 0.335 e. The number of aromatic nitrogens is 2. The van der Waals surface area contributed by atoms with E-state index in [9.17, 15) is 4.79 Å². The number of carboxylic acids is 1. The van der Waals surface area contributed by atoms with Gasteiger partial charge in [0.2, 0.25) is 0 Å². The number of nitrogens with one attached hydrogen (secondary N) is 1. The zero-order chi connectivity index (χ0) is 14.7. The van der Waals surface area contributed by atoms with Crippen molar-refractivity contribution in [1.82, 2.24) is 10.2 Å². The van der Waals surface area contributed by atoms with Crippen LogP contribution in [0.4, 0.5) is 5.82 Å². The fourth-order valence-electron chi connectivity index (χ4n) is 2.13. The summed E-state index contributed by atoms with van der Waals surface area (Å²) < 4.78 is 0. The fraction of sp³-hybridized carbons (Fsp3) is 0.0625. The van der Waals surface area contributed by atoms with Crippen LogP contribution in [-0.2, 0) is 6.54 Å². The first kappa shape index (κ1) is 13.1. The molecule has 0 aliphatic carbocycles. The number of rotatable bonds is 4. The van der Waals surface area contributed by atoms with Crippen LogP contribution in [0.25, 0.3) is 10.8 Å². The molecule has 0 fully saturated rings. The molecule has 2 aromatic carbocycles. The summed E-state index contributed by atoms with van der Waals surface area (Å²) in [6.45, 7) is 0.634. The van der Waals surface area contributed by atoms with E-state index in [1.807, 2.05) is 30.3 Å². The first-order chi connectivity index (χ1) is 10.2. The molecule has 0 aliphatic heterocycles. The average Bonchev–Trinajstić information content (AvgIpc) is 2.53. The Kier molecular flexibility index (Phi) is 3.47. The number of aromatic carboxylic acids is 1. The minimum absolute atomic E-state index is 0.240. The lowest BCUT2D eigenvalue weighted by atomic mass is 10.1. The zero-order valence-electron chi connectivity index (χ0n) is 11.2. The smallest absolute Gasteiger partial charge is 0.335 e. The van der Waals surface area contributed by atoms with Gasteiger partial charge in [-0.25, -0.2) is 4.79 Å². The van der Waals surface area contributed by atoms with Crippen molar-refractivity contribution < 1.29 is 9.90 Å². The number of anilines is 1. The molecule has 1 heterocycles. The Bertz CT molecular complexity index is 788. The van der Waals surface area contributed by atoms with Gasteiger partial charge in [-0.05, 0) is 23.8 Å². The number of nitrogens with zero attached hydrogens (tertiary/aromatic N) is 2. The molecule has 0 unspecified atom stereocenters. The molecular formula is C16H13N3O2. The van der Waals surface area contributed by atoms with E-state index < -0.39 is 5.97 Å². The van der Waals surface area contributed by atoms with E-state index in [0.29, 0.717) is 12.4 Å². The van der Waals surface area contributed by atoms with Crippen molar-refractivity contribution in [2.45, 2.75) is 6.54 Å². The van der Waals surface area contributed by atoms with Gasteiger partial charge < -0.3 is 10.4 Å². The van der Waals surface area contributed by atoms with E-state index in [2.05, 4.69) is 15.5 Å². The maximum absolute atomic E-state index is 11.0. The maximum atomic E-state index is 11.0. The second kappa shape index (κ2) is 5.58. The molecule has 5 heteroatoms. The number of carbonyl (C=O) groups is 1. The molecule has 1 aromatic heterocycles. The third-order valence-electron chi connectivity index (χ3n) is 3.21. The van der Waals surface area contributed by atoms with Crippen LogP contribution in [0.1, 0.15) is 15.9 Å². The summed E-state index contributed by atoms with van der Waals surface area (Å²) in [5.41, 5.74) is 1.38. The Morgan fingerprint density at radius 1 is 1.14 bits per heavy atom. The topological polar surface area (TPSA) is 75.1 Å². The molecule has 104 valence electrons. The quantitative estimate of drug-likeness (QED) is 0.768. The lowest BCUT2D eigenvalue weighted by molar-refractivity contribution is 0.0697. The molecule has 21 heavy (non-hydrogen) atoms. The Morgan fingerprint density at radius 3 is 2.71 bits per heavy atom. The van der Waals surface area contributed by atoms with Crippen LogP contribution in [0, 0.1) is 0 Å². The Morgan fingerprint density at radius 2 is 1.95 bits per heavy atom. The summed E-state index contributed by atoms with van der Waals surface area (Å²) in [7, 11) is 0. The predicted molar refractivity (Wildman–Crippen MR) is 80.3 cm³/mol.